The van der Waals surface area contributed by atoms with Gasteiger partial charge in [-0.3, -0.25) is 0 Å². The van der Waals surface area contributed by atoms with Crippen LogP contribution in [0.4, 0.5) is 0 Å². The fourth-order valence-electron chi connectivity index (χ4n) is 1.13. The van der Waals surface area contributed by atoms with Crippen LogP contribution in [0.2, 0.25) is 0 Å². The Balaban J connectivity index is 0.000000165. The number of nitrogens with two attached hydrogens (primary N) is 1. The first-order chi connectivity index (χ1) is 6.83. The topological polar surface area (TPSA) is 45.0 Å². The zero-order chi connectivity index (χ0) is 10.2. The Kier molecular flexibility index (Phi) is 4.41. The van der Waals surface area contributed by atoms with Gasteiger partial charge in [0.1, 0.15) is 0 Å². The Morgan fingerprint density at radius 3 is 2.50 bits per heavy atom. The van der Waals surface area contributed by atoms with E-state index in [1.54, 1.807) is 0 Å². The van der Waals surface area contributed by atoms with E-state index < -0.39 is 0 Å². The first kappa shape index (κ1) is 10.4. The Labute approximate surface area is 84.9 Å². The second-order valence-electron chi connectivity index (χ2n) is 3.00. The summed E-state index contributed by atoms with van der Waals surface area (Å²) in [7, 11) is 0. The van der Waals surface area contributed by atoms with Gasteiger partial charge in [0.2, 0.25) is 0 Å². The van der Waals surface area contributed by atoms with Crippen LogP contribution in [0.1, 0.15) is 6.92 Å². The molecule has 0 saturated heterocycles. The van der Waals surface area contributed by atoms with Gasteiger partial charge in [0.15, 0.2) is 0 Å². The number of rotatable bonds is 1. The molecular formula is C11H17N3. The highest BCUT2D eigenvalue weighted by Crippen LogP contribution is 2.00. The maximum absolute atomic E-state index is 5.53. The molecule has 0 amide bonds. The van der Waals surface area contributed by atoms with Crippen molar-refractivity contribution in [2.75, 3.05) is 13.1 Å². The van der Waals surface area contributed by atoms with E-state index >= 15 is 0 Å². The molecule has 0 atom stereocenters. The van der Waals surface area contributed by atoms with Crippen molar-refractivity contribution in [2.24, 2.45) is 5.73 Å². The minimum atomic E-state index is 0.850. The first-order valence-electron chi connectivity index (χ1n) is 4.78. The minimum absolute atomic E-state index is 0.850. The quantitative estimate of drug-likeness (QED) is 0.709. The van der Waals surface area contributed by atoms with Crippen molar-refractivity contribution in [3.05, 3.63) is 48.6 Å². The summed E-state index contributed by atoms with van der Waals surface area (Å²) in [5.41, 5.74) is 6.38. The van der Waals surface area contributed by atoms with E-state index in [1.165, 1.54) is 0 Å². The average Bonchev–Trinajstić information content (AvgIpc) is 2.75. The van der Waals surface area contributed by atoms with Crippen molar-refractivity contribution in [1.29, 1.82) is 0 Å². The number of aromatic amines is 1. The molecule has 3 heteroatoms. The van der Waals surface area contributed by atoms with Crippen LogP contribution < -0.4 is 5.73 Å². The summed E-state index contributed by atoms with van der Waals surface area (Å²) in [4.78, 5) is 5.02. The molecule has 1 aliphatic rings. The number of hydrogen-bond donors (Lipinski definition) is 2. The highest BCUT2D eigenvalue weighted by Gasteiger charge is 1.97. The minimum Gasteiger partial charge on any atom is -0.398 e. The van der Waals surface area contributed by atoms with Gasteiger partial charge < -0.3 is 15.6 Å². The molecule has 0 aromatic carbocycles. The second kappa shape index (κ2) is 5.91. The summed E-state index contributed by atoms with van der Waals surface area (Å²) in [5, 5.41) is 0. The van der Waals surface area contributed by atoms with Crippen molar-refractivity contribution >= 4 is 0 Å². The van der Waals surface area contributed by atoms with Crippen LogP contribution in [0.15, 0.2) is 48.6 Å². The molecular weight excluding hydrogens is 174 g/mol. The van der Waals surface area contributed by atoms with Gasteiger partial charge in [-0.05, 0) is 25.1 Å². The van der Waals surface area contributed by atoms with E-state index in [-0.39, 0.29) is 0 Å². The van der Waals surface area contributed by atoms with E-state index in [2.05, 4.69) is 22.9 Å². The van der Waals surface area contributed by atoms with Crippen LogP contribution >= 0.6 is 0 Å². The summed E-state index contributed by atoms with van der Waals surface area (Å²) in [6, 6.07) is 3.89. The molecule has 3 N–H and O–H groups in total. The van der Waals surface area contributed by atoms with Crippen LogP contribution in [0.3, 0.4) is 0 Å². The fraction of sp³-hybridized carbons (Fsp3) is 0.273. The molecule has 0 unspecified atom stereocenters. The van der Waals surface area contributed by atoms with E-state index in [0.717, 1.165) is 18.8 Å². The molecule has 0 aliphatic carbocycles. The Morgan fingerprint density at radius 1 is 1.43 bits per heavy atom. The van der Waals surface area contributed by atoms with E-state index in [1.807, 2.05) is 36.8 Å². The number of aromatic nitrogens is 1. The standard InChI is InChI=1S/C7H12N2.C4H5N/c1-2-9-5-3-4-7(8)6-9;1-2-4-5-3-1/h3-4,6H,2,5,8H2,1H3;1-5H. The zero-order valence-corrected chi connectivity index (χ0v) is 8.48. The predicted octanol–water partition coefficient (Wildman–Crippen LogP) is 1.69. The lowest BCUT2D eigenvalue weighted by Crippen LogP contribution is -2.21. The summed E-state index contributed by atoms with van der Waals surface area (Å²) >= 11 is 0. The van der Waals surface area contributed by atoms with E-state index in [4.69, 9.17) is 5.73 Å². The van der Waals surface area contributed by atoms with Crippen molar-refractivity contribution < 1.29 is 0 Å². The normalized spacial score (nSPS) is 14.4. The Bertz CT molecular complexity index is 268. The Morgan fingerprint density at radius 2 is 2.14 bits per heavy atom. The molecule has 76 valence electrons. The lowest BCUT2D eigenvalue weighted by atomic mass is 10.3. The molecule has 3 nitrogen and oxygen atoms in total. The van der Waals surface area contributed by atoms with Gasteiger partial charge in [0, 0.05) is 37.4 Å². The zero-order valence-electron chi connectivity index (χ0n) is 8.48. The number of likely N-dealkylation sites (N-methyl/N-ethyl adjacent to an activating group) is 1. The van der Waals surface area contributed by atoms with Crippen molar-refractivity contribution in [2.45, 2.75) is 6.92 Å². The average molecular weight is 191 g/mol. The molecule has 0 saturated carbocycles. The predicted molar refractivity (Wildman–Crippen MR) is 59.5 cm³/mol. The van der Waals surface area contributed by atoms with Gasteiger partial charge in [0.05, 0.1) is 0 Å². The molecule has 0 spiro atoms. The van der Waals surface area contributed by atoms with E-state index in [9.17, 15) is 0 Å². The smallest absolute Gasteiger partial charge is 0.0473 e. The van der Waals surface area contributed by atoms with Crippen LogP contribution in [-0.4, -0.2) is 23.0 Å². The first-order valence-corrected chi connectivity index (χ1v) is 4.78. The molecule has 2 rings (SSSR count). The highest BCUT2D eigenvalue weighted by atomic mass is 15.1. The summed E-state index contributed by atoms with van der Waals surface area (Å²) < 4.78 is 0. The largest absolute Gasteiger partial charge is 0.398 e. The molecule has 1 aromatic rings. The second-order valence-corrected chi connectivity index (χ2v) is 3.00. The number of H-pyrrole nitrogens is 1. The van der Waals surface area contributed by atoms with Crippen LogP contribution in [0.25, 0.3) is 0 Å². The monoisotopic (exact) mass is 191 g/mol. The van der Waals surface area contributed by atoms with Crippen molar-refractivity contribution in [3.63, 3.8) is 0 Å². The molecule has 1 aromatic heterocycles. The van der Waals surface area contributed by atoms with E-state index in [0.29, 0.717) is 0 Å². The number of allylic oxidation sites excluding steroid dienone is 1. The number of hydrogen-bond acceptors (Lipinski definition) is 2. The van der Waals surface area contributed by atoms with Crippen molar-refractivity contribution in [3.8, 4) is 0 Å². The summed E-state index contributed by atoms with van der Waals surface area (Å²) in [6.07, 6.45) is 9.73. The van der Waals surface area contributed by atoms with Gasteiger partial charge >= 0.3 is 0 Å². The van der Waals surface area contributed by atoms with Gasteiger partial charge in [-0.15, -0.1) is 0 Å². The molecule has 0 radical (unpaired) electrons. The van der Waals surface area contributed by atoms with Crippen LogP contribution in [0, 0.1) is 0 Å². The SMILES string of the molecule is CCN1C=C(N)C=CC1.c1cc[nH]c1. The molecule has 0 bridgehead atoms. The number of nitrogens with one attached hydrogen (secondary N) is 1. The summed E-state index contributed by atoms with van der Waals surface area (Å²) in [5.74, 6) is 0. The lowest BCUT2D eigenvalue weighted by molar-refractivity contribution is 0.431. The third-order valence-electron chi connectivity index (χ3n) is 1.88. The van der Waals surface area contributed by atoms with Crippen LogP contribution in [0.5, 0.6) is 0 Å². The highest BCUT2D eigenvalue weighted by molar-refractivity contribution is 5.18. The van der Waals surface area contributed by atoms with Crippen LogP contribution in [-0.2, 0) is 0 Å². The third-order valence-corrected chi connectivity index (χ3v) is 1.88. The third kappa shape index (κ3) is 3.85. The summed E-state index contributed by atoms with van der Waals surface area (Å²) in [6.45, 7) is 4.14. The Hall–Kier alpha value is -1.64. The fourth-order valence-corrected chi connectivity index (χ4v) is 1.13. The lowest BCUT2D eigenvalue weighted by Gasteiger charge is -2.19. The molecule has 1 aliphatic heterocycles. The molecule has 14 heavy (non-hydrogen) atoms. The van der Waals surface area contributed by atoms with Gasteiger partial charge in [0.25, 0.3) is 0 Å². The maximum Gasteiger partial charge on any atom is 0.0473 e. The molecule has 0 fully saturated rings. The number of nitrogens with zero attached hydrogens (tertiary/aromatic N) is 1. The van der Waals surface area contributed by atoms with Gasteiger partial charge in [-0.2, -0.15) is 0 Å². The van der Waals surface area contributed by atoms with Gasteiger partial charge in [-0.1, -0.05) is 6.08 Å². The molecule has 2 heterocycles. The van der Waals surface area contributed by atoms with Crippen molar-refractivity contribution in [1.82, 2.24) is 9.88 Å². The van der Waals surface area contributed by atoms with Gasteiger partial charge in [-0.25, -0.2) is 0 Å². The maximum atomic E-state index is 5.53.